The Labute approximate surface area is 114 Å². The van der Waals surface area contributed by atoms with Crippen molar-refractivity contribution in [3.63, 3.8) is 0 Å². The molecule has 0 atom stereocenters. The predicted molar refractivity (Wildman–Crippen MR) is 73.3 cm³/mol. The lowest BCUT2D eigenvalue weighted by molar-refractivity contribution is 0.937. The van der Waals surface area contributed by atoms with Crippen LogP contribution in [0.25, 0.3) is 0 Å². The molecule has 0 aliphatic heterocycles. The third-order valence-electron chi connectivity index (χ3n) is 2.09. The molecule has 0 saturated heterocycles. The van der Waals surface area contributed by atoms with Crippen LogP contribution in [0.1, 0.15) is 12.6 Å². The SMILES string of the molecule is CCNc1nc(Cl)nc(NCCc2cscn2)n1. The van der Waals surface area contributed by atoms with E-state index in [0.717, 1.165) is 18.7 Å². The molecule has 2 N–H and O–H groups in total. The highest BCUT2D eigenvalue weighted by Crippen LogP contribution is 2.09. The van der Waals surface area contributed by atoms with Crippen molar-refractivity contribution in [1.29, 1.82) is 0 Å². The Morgan fingerprint density at radius 1 is 1.22 bits per heavy atom. The van der Waals surface area contributed by atoms with Crippen molar-refractivity contribution in [1.82, 2.24) is 19.9 Å². The fourth-order valence-electron chi connectivity index (χ4n) is 1.33. The minimum absolute atomic E-state index is 0.178. The molecule has 96 valence electrons. The van der Waals surface area contributed by atoms with Gasteiger partial charge in [0.25, 0.3) is 0 Å². The first-order valence-corrected chi connectivity index (χ1v) is 6.86. The average molecular weight is 285 g/mol. The summed E-state index contributed by atoms with van der Waals surface area (Å²) < 4.78 is 0. The Bertz CT molecular complexity index is 489. The number of nitrogens with zero attached hydrogens (tertiary/aromatic N) is 4. The molecular weight excluding hydrogens is 272 g/mol. The maximum absolute atomic E-state index is 5.81. The molecule has 0 aromatic carbocycles. The van der Waals surface area contributed by atoms with E-state index in [1.54, 1.807) is 11.3 Å². The third kappa shape index (κ3) is 3.78. The summed E-state index contributed by atoms with van der Waals surface area (Å²) in [5, 5.41) is 8.29. The zero-order valence-corrected chi connectivity index (χ0v) is 11.4. The largest absolute Gasteiger partial charge is 0.354 e. The fraction of sp³-hybridized carbons (Fsp3) is 0.400. The summed E-state index contributed by atoms with van der Waals surface area (Å²) in [7, 11) is 0. The van der Waals surface area contributed by atoms with Crippen molar-refractivity contribution in [2.24, 2.45) is 0 Å². The lowest BCUT2D eigenvalue weighted by Gasteiger charge is -2.06. The monoisotopic (exact) mass is 284 g/mol. The van der Waals surface area contributed by atoms with Crippen LogP contribution in [0.5, 0.6) is 0 Å². The van der Waals surface area contributed by atoms with Crippen molar-refractivity contribution < 1.29 is 0 Å². The Balaban J connectivity index is 1.92. The quantitative estimate of drug-likeness (QED) is 0.846. The molecule has 0 spiro atoms. The topological polar surface area (TPSA) is 75.6 Å². The summed E-state index contributed by atoms with van der Waals surface area (Å²) in [6.07, 6.45) is 0.823. The molecule has 2 heterocycles. The molecule has 0 aliphatic rings. The van der Waals surface area contributed by atoms with Crippen molar-refractivity contribution in [2.45, 2.75) is 13.3 Å². The first-order valence-electron chi connectivity index (χ1n) is 5.54. The van der Waals surface area contributed by atoms with Crippen LogP contribution in [-0.2, 0) is 6.42 Å². The van der Waals surface area contributed by atoms with E-state index in [-0.39, 0.29) is 5.28 Å². The van der Waals surface area contributed by atoms with Gasteiger partial charge >= 0.3 is 0 Å². The van der Waals surface area contributed by atoms with Gasteiger partial charge in [-0.3, -0.25) is 0 Å². The molecule has 0 aliphatic carbocycles. The van der Waals surface area contributed by atoms with Gasteiger partial charge in [-0.05, 0) is 18.5 Å². The zero-order chi connectivity index (χ0) is 12.8. The second-order valence-electron chi connectivity index (χ2n) is 3.44. The van der Waals surface area contributed by atoms with E-state index in [1.165, 1.54) is 0 Å². The first kappa shape index (κ1) is 13.0. The average Bonchev–Trinajstić information content (AvgIpc) is 2.82. The standard InChI is InChI=1S/C10H13ClN6S/c1-2-12-9-15-8(11)16-10(17-9)13-4-3-7-5-18-6-14-7/h5-6H,2-4H2,1H3,(H2,12,13,15,16,17). The molecule has 2 rings (SSSR count). The molecule has 6 nitrogen and oxygen atoms in total. The molecule has 0 fully saturated rings. The molecule has 0 saturated carbocycles. The van der Waals surface area contributed by atoms with Gasteiger partial charge in [0.1, 0.15) is 0 Å². The van der Waals surface area contributed by atoms with Gasteiger partial charge in [-0.25, -0.2) is 4.98 Å². The van der Waals surface area contributed by atoms with E-state index in [2.05, 4.69) is 30.6 Å². The highest BCUT2D eigenvalue weighted by molar-refractivity contribution is 7.07. The lowest BCUT2D eigenvalue weighted by atomic mass is 10.3. The van der Waals surface area contributed by atoms with E-state index in [0.29, 0.717) is 18.4 Å². The second kappa shape index (κ2) is 6.46. The van der Waals surface area contributed by atoms with Crippen molar-refractivity contribution in [2.75, 3.05) is 23.7 Å². The first-order chi connectivity index (χ1) is 8.78. The van der Waals surface area contributed by atoms with Gasteiger partial charge in [0.2, 0.25) is 17.2 Å². The minimum atomic E-state index is 0.178. The summed E-state index contributed by atoms with van der Waals surface area (Å²) in [5.74, 6) is 0.954. The Hall–Kier alpha value is -1.47. The molecule has 0 amide bonds. The number of rotatable bonds is 6. The minimum Gasteiger partial charge on any atom is -0.354 e. The number of aromatic nitrogens is 4. The van der Waals surface area contributed by atoms with Crippen LogP contribution in [-0.4, -0.2) is 33.0 Å². The number of hydrogen-bond donors (Lipinski definition) is 2. The Morgan fingerprint density at radius 2 is 2.00 bits per heavy atom. The number of hydrogen-bond acceptors (Lipinski definition) is 7. The molecule has 2 aromatic rings. The van der Waals surface area contributed by atoms with Gasteiger partial charge in [0.15, 0.2) is 0 Å². The highest BCUT2D eigenvalue weighted by Gasteiger charge is 2.04. The highest BCUT2D eigenvalue weighted by atomic mass is 35.5. The molecule has 0 bridgehead atoms. The molecule has 18 heavy (non-hydrogen) atoms. The van der Waals surface area contributed by atoms with Crippen LogP contribution in [0.4, 0.5) is 11.9 Å². The van der Waals surface area contributed by atoms with E-state index in [1.807, 2.05) is 17.8 Å². The van der Waals surface area contributed by atoms with Gasteiger partial charge in [-0.2, -0.15) is 15.0 Å². The van der Waals surface area contributed by atoms with Gasteiger partial charge < -0.3 is 10.6 Å². The van der Waals surface area contributed by atoms with E-state index in [4.69, 9.17) is 11.6 Å². The molecule has 0 radical (unpaired) electrons. The van der Waals surface area contributed by atoms with Crippen LogP contribution in [0.3, 0.4) is 0 Å². The predicted octanol–water partition coefficient (Wildman–Crippen LogP) is 2.07. The summed E-state index contributed by atoms with van der Waals surface area (Å²) in [5.41, 5.74) is 2.87. The van der Waals surface area contributed by atoms with E-state index < -0.39 is 0 Å². The van der Waals surface area contributed by atoms with Crippen LogP contribution < -0.4 is 10.6 Å². The normalized spacial score (nSPS) is 10.3. The van der Waals surface area contributed by atoms with Gasteiger partial charge in [0, 0.05) is 24.9 Å². The fourth-order valence-corrected chi connectivity index (χ4v) is 2.08. The molecular formula is C10H13ClN6S. The molecule has 8 heteroatoms. The van der Waals surface area contributed by atoms with Gasteiger partial charge in [0.05, 0.1) is 11.2 Å². The maximum Gasteiger partial charge on any atom is 0.228 e. The van der Waals surface area contributed by atoms with Crippen LogP contribution in [0, 0.1) is 0 Å². The number of halogens is 1. The summed E-state index contributed by atoms with van der Waals surface area (Å²) in [4.78, 5) is 16.4. The number of anilines is 2. The summed E-state index contributed by atoms with van der Waals surface area (Å²) in [6, 6.07) is 0. The van der Waals surface area contributed by atoms with Crippen molar-refractivity contribution in [3.8, 4) is 0 Å². The van der Waals surface area contributed by atoms with Crippen LogP contribution in [0.15, 0.2) is 10.9 Å². The lowest BCUT2D eigenvalue weighted by Crippen LogP contribution is -2.11. The smallest absolute Gasteiger partial charge is 0.228 e. The Kier molecular flexibility index (Phi) is 4.66. The van der Waals surface area contributed by atoms with Crippen LogP contribution >= 0.6 is 22.9 Å². The van der Waals surface area contributed by atoms with E-state index >= 15 is 0 Å². The van der Waals surface area contributed by atoms with Crippen LogP contribution in [0.2, 0.25) is 5.28 Å². The summed E-state index contributed by atoms with van der Waals surface area (Å²) in [6.45, 7) is 3.40. The maximum atomic E-state index is 5.81. The summed E-state index contributed by atoms with van der Waals surface area (Å²) >= 11 is 7.40. The third-order valence-corrected chi connectivity index (χ3v) is 2.90. The van der Waals surface area contributed by atoms with Gasteiger partial charge in [-0.15, -0.1) is 11.3 Å². The van der Waals surface area contributed by atoms with Gasteiger partial charge in [-0.1, -0.05) is 0 Å². The zero-order valence-electron chi connectivity index (χ0n) is 9.85. The Morgan fingerprint density at radius 3 is 2.67 bits per heavy atom. The molecule has 2 aromatic heterocycles. The van der Waals surface area contributed by atoms with Crippen molar-refractivity contribution in [3.05, 3.63) is 21.9 Å². The molecule has 0 unspecified atom stereocenters. The number of nitrogens with one attached hydrogen (secondary N) is 2. The second-order valence-corrected chi connectivity index (χ2v) is 4.50. The van der Waals surface area contributed by atoms with Crippen molar-refractivity contribution >= 4 is 34.8 Å². The number of thiazole rings is 1. The van der Waals surface area contributed by atoms with E-state index in [9.17, 15) is 0 Å².